The Bertz CT molecular complexity index is 640. The van der Waals surface area contributed by atoms with Crippen LogP contribution in [0.1, 0.15) is 28.8 Å². The summed E-state index contributed by atoms with van der Waals surface area (Å²) < 4.78 is 5.70. The molecule has 0 radical (unpaired) electrons. The van der Waals surface area contributed by atoms with Crippen molar-refractivity contribution in [1.82, 2.24) is 0 Å². The molecule has 1 fully saturated rings. The van der Waals surface area contributed by atoms with Crippen LogP contribution in [0.5, 0.6) is 5.75 Å². The molecule has 0 saturated heterocycles. The fraction of sp³-hybridized carbons (Fsp3) is 0.235. The molecule has 0 unspecified atom stereocenters. The maximum Gasteiger partial charge on any atom is 0.335 e. The molecule has 102 valence electrons. The van der Waals surface area contributed by atoms with Gasteiger partial charge in [-0.25, -0.2) is 4.79 Å². The Balaban J connectivity index is 1.87. The zero-order chi connectivity index (χ0) is 14.1. The molecule has 1 aliphatic carbocycles. The summed E-state index contributed by atoms with van der Waals surface area (Å²) in [6.07, 6.45) is 2.67. The second-order valence-electron chi connectivity index (χ2n) is 5.18. The van der Waals surface area contributed by atoms with E-state index in [1.165, 1.54) is 0 Å². The summed E-state index contributed by atoms with van der Waals surface area (Å²) in [5, 5.41) is 9.17. The normalized spacial score (nSPS) is 14.1. The molecule has 0 heterocycles. The van der Waals surface area contributed by atoms with Gasteiger partial charge in [-0.05, 0) is 54.7 Å². The second kappa shape index (κ2) is 5.00. The van der Waals surface area contributed by atoms with E-state index >= 15 is 0 Å². The third-order valence-electron chi connectivity index (χ3n) is 3.48. The third kappa shape index (κ3) is 2.67. The van der Waals surface area contributed by atoms with Crippen molar-refractivity contribution < 1.29 is 14.6 Å². The molecule has 1 saturated carbocycles. The van der Waals surface area contributed by atoms with E-state index in [9.17, 15) is 4.79 Å². The first-order valence-electron chi connectivity index (χ1n) is 6.74. The molecule has 1 N–H and O–H groups in total. The van der Waals surface area contributed by atoms with Crippen LogP contribution in [-0.2, 0) is 0 Å². The lowest BCUT2D eigenvalue weighted by atomic mass is 10.00. The van der Waals surface area contributed by atoms with Gasteiger partial charge < -0.3 is 9.84 Å². The minimum atomic E-state index is -0.891. The highest BCUT2D eigenvalue weighted by Gasteiger charge is 2.23. The molecule has 2 aromatic rings. The smallest absolute Gasteiger partial charge is 0.335 e. The molecule has 0 aromatic heterocycles. The predicted octanol–water partition coefficient (Wildman–Crippen LogP) is 3.90. The molecule has 3 nitrogen and oxygen atoms in total. The van der Waals surface area contributed by atoms with E-state index in [2.05, 4.69) is 0 Å². The van der Waals surface area contributed by atoms with E-state index in [1.807, 2.05) is 36.4 Å². The van der Waals surface area contributed by atoms with Gasteiger partial charge in [0.05, 0.1) is 11.7 Å². The average Bonchev–Trinajstić information content (AvgIpc) is 3.24. The van der Waals surface area contributed by atoms with Gasteiger partial charge in [0.1, 0.15) is 5.75 Å². The molecular weight excluding hydrogens is 252 g/mol. The minimum absolute atomic E-state index is 0.348. The first-order chi connectivity index (χ1) is 9.63. The lowest BCUT2D eigenvalue weighted by Gasteiger charge is -2.08. The van der Waals surface area contributed by atoms with Crippen molar-refractivity contribution in [3.8, 4) is 16.9 Å². The third-order valence-corrected chi connectivity index (χ3v) is 3.48. The fourth-order valence-corrected chi connectivity index (χ4v) is 2.14. The van der Waals surface area contributed by atoms with Crippen LogP contribution < -0.4 is 4.74 Å². The lowest BCUT2D eigenvalue weighted by Crippen LogP contribution is -1.99. The topological polar surface area (TPSA) is 46.5 Å². The molecule has 0 aliphatic heterocycles. The molecule has 3 heteroatoms. The standard InChI is InChI=1S/C17H16O3/c1-11-2-3-13(10-16(11)17(18)19)12-4-6-14(7-5-12)20-15-8-9-15/h2-7,10,15H,8-9H2,1H3,(H,18,19). The van der Waals surface area contributed by atoms with Crippen molar-refractivity contribution in [3.05, 3.63) is 53.6 Å². The largest absolute Gasteiger partial charge is 0.490 e. The minimum Gasteiger partial charge on any atom is -0.490 e. The Morgan fingerprint density at radius 1 is 1.10 bits per heavy atom. The summed E-state index contributed by atoms with van der Waals surface area (Å²) in [4.78, 5) is 11.2. The quantitative estimate of drug-likeness (QED) is 0.914. The van der Waals surface area contributed by atoms with Crippen molar-refractivity contribution >= 4 is 5.97 Å². The van der Waals surface area contributed by atoms with Crippen molar-refractivity contribution in [3.63, 3.8) is 0 Å². The lowest BCUT2D eigenvalue weighted by molar-refractivity contribution is 0.0696. The van der Waals surface area contributed by atoms with Crippen LogP contribution in [0.3, 0.4) is 0 Å². The van der Waals surface area contributed by atoms with Crippen LogP contribution in [-0.4, -0.2) is 17.2 Å². The Hall–Kier alpha value is -2.29. The molecule has 0 bridgehead atoms. The molecule has 2 aromatic carbocycles. The number of benzene rings is 2. The van der Waals surface area contributed by atoms with Crippen molar-refractivity contribution in [2.75, 3.05) is 0 Å². The maximum absolute atomic E-state index is 11.2. The molecule has 0 amide bonds. The Labute approximate surface area is 117 Å². The number of aryl methyl sites for hydroxylation is 1. The summed E-state index contributed by atoms with van der Waals surface area (Å²) >= 11 is 0. The first kappa shape index (κ1) is 12.7. The van der Waals surface area contributed by atoms with Gasteiger partial charge in [-0.2, -0.15) is 0 Å². The van der Waals surface area contributed by atoms with E-state index < -0.39 is 5.97 Å². The Morgan fingerprint density at radius 2 is 1.75 bits per heavy atom. The number of carboxylic acid groups (broad SMARTS) is 1. The van der Waals surface area contributed by atoms with Crippen molar-refractivity contribution in [1.29, 1.82) is 0 Å². The van der Waals surface area contributed by atoms with E-state index in [0.717, 1.165) is 35.3 Å². The number of carbonyl (C=O) groups is 1. The molecular formula is C17H16O3. The van der Waals surface area contributed by atoms with E-state index in [-0.39, 0.29) is 0 Å². The van der Waals surface area contributed by atoms with Crippen LogP contribution in [0.15, 0.2) is 42.5 Å². The summed E-state index contributed by atoms with van der Waals surface area (Å²) in [6.45, 7) is 1.81. The average molecular weight is 268 g/mol. The van der Waals surface area contributed by atoms with Crippen LogP contribution in [0, 0.1) is 6.92 Å². The SMILES string of the molecule is Cc1ccc(-c2ccc(OC3CC3)cc2)cc1C(=O)O. The van der Waals surface area contributed by atoms with Crippen molar-refractivity contribution in [2.45, 2.75) is 25.9 Å². The number of hydrogen-bond acceptors (Lipinski definition) is 2. The van der Waals surface area contributed by atoms with Gasteiger partial charge in [0.2, 0.25) is 0 Å². The first-order valence-corrected chi connectivity index (χ1v) is 6.74. The number of ether oxygens (including phenoxy) is 1. The Morgan fingerprint density at radius 3 is 2.35 bits per heavy atom. The highest BCUT2D eigenvalue weighted by molar-refractivity contribution is 5.91. The zero-order valence-corrected chi connectivity index (χ0v) is 11.3. The molecule has 0 atom stereocenters. The number of carboxylic acids is 1. The fourth-order valence-electron chi connectivity index (χ4n) is 2.14. The predicted molar refractivity (Wildman–Crippen MR) is 77.2 cm³/mol. The van der Waals surface area contributed by atoms with Gasteiger partial charge in [-0.1, -0.05) is 24.3 Å². The Kier molecular flexibility index (Phi) is 3.18. The van der Waals surface area contributed by atoms with Crippen LogP contribution >= 0.6 is 0 Å². The number of aromatic carboxylic acids is 1. The van der Waals surface area contributed by atoms with Crippen LogP contribution in [0.25, 0.3) is 11.1 Å². The number of rotatable bonds is 4. The monoisotopic (exact) mass is 268 g/mol. The van der Waals surface area contributed by atoms with E-state index in [4.69, 9.17) is 9.84 Å². The zero-order valence-electron chi connectivity index (χ0n) is 11.3. The molecule has 1 aliphatic rings. The summed E-state index contributed by atoms with van der Waals surface area (Å²) in [7, 11) is 0. The maximum atomic E-state index is 11.2. The van der Waals surface area contributed by atoms with E-state index in [0.29, 0.717) is 11.7 Å². The molecule has 3 rings (SSSR count). The summed E-state index contributed by atoms with van der Waals surface area (Å²) in [5.74, 6) is -0.0140. The van der Waals surface area contributed by atoms with Gasteiger partial charge in [0, 0.05) is 0 Å². The van der Waals surface area contributed by atoms with Gasteiger partial charge in [-0.3, -0.25) is 0 Å². The highest BCUT2D eigenvalue weighted by Crippen LogP contribution is 2.29. The van der Waals surface area contributed by atoms with Crippen LogP contribution in [0.4, 0.5) is 0 Å². The van der Waals surface area contributed by atoms with Crippen LogP contribution in [0.2, 0.25) is 0 Å². The van der Waals surface area contributed by atoms with Gasteiger partial charge >= 0.3 is 5.97 Å². The van der Waals surface area contributed by atoms with Gasteiger partial charge in [0.25, 0.3) is 0 Å². The molecule has 20 heavy (non-hydrogen) atoms. The summed E-state index contributed by atoms with van der Waals surface area (Å²) in [5.41, 5.74) is 3.03. The van der Waals surface area contributed by atoms with Crippen molar-refractivity contribution in [2.24, 2.45) is 0 Å². The second-order valence-corrected chi connectivity index (χ2v) is 5.18. The summed E-state index contributed by atoms with van der Waals surface area (Å²) in [6, 6.07) is 13.3. The highest BCUT2D eigenvalue weighted by atomic mass is 16.5. The number of hydrogen-bond donors (Lipinski definition) is 1. The van der Waals surface area contributed by atoms with Gasteiger partial charge in [-0.15, -0.1) is 0 Å². The van der Waals surface area contributed by atoms with Gasteiger partial charge in [0.15, 0.2) is 0 Å². The molecule has 0 spiro atoms. The van der Waals surface area contributed by atoms with E-state index in [1.54, 1.807) is 13.0 Å².